The van der Waals surface area contributed by atoms with Gasteiger partial charge in [0.2, 0.25) is 0 Å². The molecule has 2 bridgehead atoms. The van der Waals surface area contributed by atoms with Gasteiger partial charge >= 0.3 is 5.97 Å². The lowest BCUT2D eigenvalue weighted by atomic mass is 9.99. The van der Waals surface area contributed by atoms with Crippen molar-refractivity contribution in [2.24, 2.45) is 0 Å². The first-order chi connectivity index (χ1) is 9.15. The van der Waals surface area contributed by atoms with E-state index in [0.29, 0.717) is 24.3 Å². The van der Waals surface area contributed by atoms with E-state index >= 15 is 0 Å². The molecule has 0 aromatic carbocycles. The summed E-state index contributed by atoms with van der Waals surface area (Å²) in [6.07, 6.45) is 6.25. The van der Waals surface area contributed by atoms with Crippen molar-refractivity contribution in [2.45, 2.75) is 50.4 Å². The lowest BCUT2D eigenvalue weighted by Gasteiger charge is -2.37. The third kappa shape index (κ3) is 2.33. The first kappa shape index (κ1) is 12.5. The standard InChI is InChI=1S/C13H17N3O3/c17-10-3-8-1-2-9(4-10)16(8)6-12-11(13(18)19)5-14-7-15-12/h5,7-10,17H,1-4,6H2,(H,18,19). The van der Waals surface area contributed by atoms with Crippen LogP contribution < -0.4 is 0 Å². The number of aliphatic hydroxyl groups excluding tert-OH is 1. The first-order valence-electron chi connectivity index (χ1n) is 6.61. The molecule has 2 aliphatic heterocycles. The van der Waals surface area contributed by atoms with Gasteiger partial charge in [0.05, 0.1) is 11.8 Å². The molecule has 2 N–H and O–H groups in total. The number of rotatable bonds is 3. The van der Waals surface area contributed by atoms with Gasteiger partial charge in [-0.3, -0.25) is 4.90 Å². The molecule has 0 spiro atoms. The number of piperidine rings is 1. The zero-order valence-electron chi connectivity index (χ0n) is 10.6. The van der Waals surface area contributed by atoms with E-state index in [1.165, 1.54) is 12.5 Å². The monoisotopic (exact) mass is 263 g/mol. The van der Waals surface area contributed by atoms with Crippen molar-refractivity contribution in [1.29, 1.82) is 0 Å². The predicted octanol–water partition coefficient (Wildman–Crippen LogP) is 0.662. The number of aliphatic hydroxyl groups is 1. The fraction of sp³-hybridized carbons (Fsp3) is 0.615. The summed E-state index contributed by atoms with van der Waals surface area (Å²) in [5.41, 5.74) is 0.740. The Morgan fingerprint density at radius 3 is 2.68 bits per heavy atom. The molecule has 2 unspecified atom stereocenters. The average molecular weight is 263 g/mol. The maximum absolute atomic E-state index is 11.2. The number of aromatic carboxylic acids is 1. The minimum atomic E-state index is -0.986. The van der Waals surface area contributed by atoms with Crippen LogP contribution in [0, 0.1) is 0 Å². The predicted molar refractivity (Wildman–Crippen MR) is 66.6 cm³/mol. The van der Waals surface area contributed by atoms with Crippen molar-refractivity contribution in [3.05, 3.63) is 23.8 Å². The average Bonchev–Trinajstić information content (AvgIpc) is 2.62. The third-order valence-electron chi connectivity index (χ3n) is 4.22. The summed E-state index contributed by atoms with van der Waals surface area (Å²) in [5, 5.41) is 18.9. The molecule has 0 amide bonds. The number of fused-ring (bicyclic) bond motifs is 2. The summed E-state index contributed by atoms with van der Waals surface area (Å²) in [4.78, 5) is 21.3. The Bertz CT molecular complexity index is 480. The second-order valence-corrected chi connectivity index (χ2v) is 5.37. The highest BCUT2D eigenvalue weighted by Gasteiger charge is 2.40. The van der Waals surface area contributed by atoms with E-state index in [4.69, 9.17) is 5.11 Å². The molecular weight excluding hydrogens is 246 g/mol. The van der Waals surface area contributed by atoms with E-state index in [-0.39, 0.29) is 11.7 Å². The Balaban J connectivity index is 1.81. The van der Waals surface area contributed by atoms with Crippen LogP contribution >= 0.6 is 0 Å². The van der Waals surface area contributed by atoms with Gasteiger partial charge in [-0.1, -0.05) is 0 Å². The van der Waals surface area contributed by atoms with Gasteiger partial charge in [-0.2, -0.15) is 0 Å². The number of nitrogens with zero attached hydrogens (tertiary/aromatic N) is 3. The number of aromatic nitrogens is 2. The van der Waals surface area contributed by atoms with Crippen molar-refractivity contribution >= 4 is 5.97 Å². The molecule has 2 fully saturated rings. The van der Waals surface area contributed by atoms with Crippen LogP contribution in [0.1, 0.15) is 41.7 Å². The lowest BCUT2D eigenvalue weighted by molar-refractivity contribution is 0.0298. The second-order valence-electron chi connectivity index (χ2n) is 5.37. The maximum Gasteiger partial charge on any atom is 0.339 e. The summed E-state index contributed by atoms with van der Waals surface area (Å²) in [7, 11) is 0. The van der Waals surface area contributed by atoms with Gasteiger partial charge in [-0.05, 0) is 25.7 Å². The third-order valence-corrected chi connectivity index (χ3v) is 4.22. The van der Waals surface area contributed by atoms with Crippen molar-refractivity contribution in [3.8, 4) is 0 Å². The molecule has 1 aromatic heterocycles. The lowest BCUT2D eigenvalue weighted by Crippen LogP contribution is -2.44. The van der Waals surface area contributed by atoms with Gasteiger partial charge in [0.25, 0.3) is 0 Å². The molecule has 6 nitrogen and oxygen atoms in total. The summed E-state index contributed by atoms with van der Waals surface area (Å²) in [5.74, 6) is -0.986. The highest BCUT2D eigenvalue weighted by molar-refractivity contribution is 5.88. The number of carboxylic acid groups (broad SMARTS) is 1. The van der Waals surface area contributed by atoms with Crippen LogP contribution in [-0.2, 0) is 6.54 Å². The van der Waals surface area contributed by atoms with Crippen LogP contribution in [0.5, 0.6) is 0 Å². The number of carboxylic acids is 1. The van der Waals surface area contributed by atoms with Crippen LogP contribution in [0.2, 0.25) is 0 Å². The van der Waals surface area contributed by atoms with Crippen molar-refractivity contribution < 1.29 is 15.0 Å². The summed E-state index contributed by atoms with van der Waals surface area (Å²) >= 11 is 0. The Hall–Kier alpha value is -1.53. The van der Waals surface area contributed by atoms with Crippen molar-refractivity contribution in [1.82, 2.24) is 14.9 Å². The molecule has 2 aliphatic rings. The maximum atomic E-state index is 11.2. The molecule has 0 radical (unpaired) electrons. The molecule has 0 aliphatic carbocycles. The molecule has 3 rings (SSSR count). The Labute approximate surface area is 111 Å². The number of hydrogen-bond donors (Lipinski definition) is 2. The van der Waals surface area contributed by atoms with Crippen molar-refractivity contribution in [3.63, 3.8) is 0 Å². The van der Waals surface area contributed by atoms with E-state index in [9.17, 15) is 9.90 Å². The first-order valence-corrected chi connectivity index (χ1v) is 6.61. The van der Waals surface area contributed by atoms with Crippen LogP contribution in [0.25, 0.3) is 0 Å². The minimum absolute atomic E-state index is 0.174. The zero-order chi connectivity index (χ0) is 13.4. The van der Waals surface area contributed by atoms with Gasteiger partial charge in [-0.25, -0.2) is 14.8 Å². The topological polar surface area (TPSA) is 86.5 Å². The van der Waals surface area contributed by atoms with Gasteiger partial charge in [0.15, 0.2) is 0 Å². The van der Waals surface area contributed by atoms with E-state index < -0.39 is 5.97 Å². The van der Waals surface area contributed by atoms with Crippen LogP contribution in [0.3, 0.4) is 0 Å². The van der Waals surface area contributed by atoms with Crippen molar-refractivity contribution in [2.75, 3.05) is 0 Å². The smallest absolute Gasteiger partial charge is 0.339 e. The van der Waals surface area contributed by atoms with E-state index in [0.717, 1.165) is 25.7 Å². The molecule has 0 saturated carbocycles. The van der Waals surface area contributed by atoms with Gasteiger partial charge in [0.1, 0.15) is 11.9 Å². The number of carbonyl (C=O) groups is 1. The summed E-state index contributed by atoms with van der Waals surface area (Å²) in [6.45, 7) is 0.534. The molecule has 2 saturated heterocycles. The Morgan fingerprint density at radius 1 is 1.37 bits per heavy atom. The normalized spacial score (nSPS) is 30.5. The van der Waals surface area contributed by atoms with Crippen LogP contribution in [-0.4, -0.2) is 49.2 Å². The van der Waals surface area contributed by atoms with Gasteiger partial charge in [0, 0.05) is 24.8 Å². The fourth-order valence-electron chi connectivity index (χ4n) is 3.34. The van der Waals surface area contributed by atoms with Crippen LogP contribution in [0.4, 0.5) is 0 Å². The highest BCUT2D eigenvalue weighted by Crippen LogP contribution is 2.36. The summed E-state index contributed by atoms with van der Waals surface area (Å²) < 4.78 is 0. The summed E-state index contributed by atoms with van der Waals surface area (Å²) in [6, 6.07) is 0.704. The fourth-order valence-corrected chi connectivity index (χ4v) is 3.34. The largest absolute Gasteiger partial charge is 0.478 e. The molecular formula is C13H17N3O3. The molecule has 2 atom stereocenters. The SMILES string of the molecule is O=C(O)c1cncnc1CN1C2CCC1CC(O)C2. The zero-order valence-corrected chi connectivity index (χ0v) is 10.6. The van der Waals surface area contributed by atoms with E-state index in [1.807, 2.05) is 0 Å². The second kappa shape index (κ2) is 4.86. The molecule has 102 valence electrons. The van der Waals surface area contributed by atoms with E-state index in [2.05, 4.69) is 14.9 Å². The van der Waals surface area contributed by atoms with Crippen LogP contribution in [0.15, 0.2) is 12.5 Å². The quantitative estimate of drug-likeness (QED) is 0.833. The Kier molecular flexibility index (Phi) is 3.20. The molecule has 3 heterocycles. The Morgan fingerprint density at radius 2 is 2.05 bits per heavy atom. The molecule has 19 heavy (non-hydrogen) atoms. The molecule has 1 aromatic rings. The van der Waals surface area contributed by atoms with Gasteiger partial charge in [-0.15, -0.1) is 0 Å². The van der Waals surface area contributed by atoms with E-state index in [1.54, 1.807) is 0 Å². The van der Waals surface area contributed by atoms with Gasteiger partial charge < -0.3 is 10.2 Å². The highest BCUT2D eigenvalue weighted by atomic mass is 16.4. The minimum Gasteiger partial charge on any atom is -0.478 e. The number of hydrogen-bond acceptors (Lipinski definition) is 5. The molecule has 6 heteroatoms.